The molecule has 1 N–H and O–H groups in total. The highest BCUT2D eigenvalue weighted by Crippen LogP contribution is 2.39. The zero-order valence-corrected chi connectivity index (χ0v) is 15.4. The van der Waals surface area contributed by atoms with Gasteiger partial charge in [0, 0.05) is 10.5 Å². The van der Waals surface area contributed by atoms with Crippen LogP contribution >= 0.6 is 15.9 Å². The Labute approximate surface area is 137 Å². The van der Waals surface area contributed by atoms with Gasteiger partial charge in [-0.25, -0.2) is 0 Å². The van der Waals surface area contributed by atoms with Crippen molar-refractivity contribution in [1.82, 2.24) is 5.32 Å². The van der Waals surface area contributed by atoms with Crippen LogP contribution in [0.5, 0.6) is 11.5 Å². The van der Waals surface area contributed by atoms with Gasteiger partial charge >= 0.3 is 0 Å². The summed E-state index contributed by atoms with van der Waals surface area (Å²) in [5.74, 6) is 2.17. The van der Waals surface area contributed by atoms with Gasteiger partial charge in [-0.1, -0.05) is 43.1 Å². The molecule has 1 aromatic rings. The molecule has 2 unspecified atom stereocenters. The van der Waals surface area contributed by atoms with Crippen molar-refractivity contribution in [3.05, 3.63) is 22.2 Å². The van der Waals surface area contributed by atoms with Crippen LogP contribution in [-0.4, -0.2) is 19.8 Å². The number of halogens is 1. The standard InChI is InChI=1S/C17H28BrNO2/c1-6-12(5)17(19-7-2)13-10-15(20-8-3)16(21-9-4)11-14(13)18/h10-12,17,19H,6-9H2,1-5H3. The van der Waals surface area contributed by atoms with E-state index in [1.807, 2.05) is 19.9 Å². The van der Waals surface area contributed by atoms with Crippen LogP contribution < -0.4 is 14.8 Å². The van der Waals surface area contributed by atoms with E-state index in [2.05, 4.69) is 48.1 Å². The molecule has 0 aromatic heterocycles. The molecule has 2 atom stereocenters. The zero-order valence-electron chi connectivity index (χ0n) is 13.8. The lowest BCUT2D eigenvalue weighted by molar-refractivity contribution is 0.286. The monoisotopic (exact) mass is 357 g/mol. The average molecular weight is 358 g/mol. The van der Waals surface area contributed by atoms with Crippen molar-refractivity contribution in [2.75, 3.05) is 19.8 Å². The first-order valence-corrected chi connectivity index (χ1v) is 8.70. The van der Waals surface area contributed by atoms with Crippen LogP contribution in [0.1, 0.15) is 52.6 Å². The molecule has 0 amide bonds. The van der Waals surface area contributed by atoms with Gasteiger partial charge < -0.3 is 14.8 Å². The topological polar surface area (TPSA) is 30.5 Å². The van der Waals surface area contributed by atoms with Crippen molar-refractivity contribution >= 4 is 15.9 Å². The molecule has 1 aromatic carbocycles. The summed E-state index contributed by atoms with van der Waals surface area (Å²) in [5, 5.41) is 3.58. The van der Waals surface area contributed by atoms with E-state index in [-0.39, 0.29) is 0 Å². The van der Waals surface area contributed by atoms with Crippen molar-refractivity contribution < 1.29 is 9.47 Å². The molecule has 3 nitrogen and oxygen atoms in total. The molecule has 0 radical (unpaired) electrons. The number of hydrogen-bond donors (Lipinski definition) is 1. The van der Waals surface area contributed by atoms with Gasteiger partial charge in [0.15, 0.2) is 11.5 Å². The van der Waals surface area contributed by atoms with E-state index in [0.717, 1.165) is 28.9 Å². The van der Waals surface area contributed by atoms with E-state index in [0.29, 0.717) is 25.2 Å². The maximum atomic E-state index is 5.75. The molecule has 0 aliphatic carbocycles. The van der Waals surface area contributed by atoms with E-state index >= 15 is 0 Å². The Morgan fingerprint density at radius 1 is 1.05 bits per heavy atom. The second-order valence-corrected chi connectivity index (χ2v) is 5.96. The molecule has 0 heterocycles. The van der Waals surface area contributed by atoms with Gasteiger partial charge in [-0.15, -0.1) is 0 Å². The van der Waals surface area contributed by atoms with Crippen LogP contribution in [0.15, 0.2) is 16.6 Å². The summed E-state index contributed by atoms with van der Waals surface area (Å²) in [6.07, 6.45) is 1.13. The summed E-state index contributed by atoms with van der Waals surface area (Å²) >= 11 is 3.69. The number of ether oxygens (including phenoxy) is 2. The number of hydrogen-bond acceptors (Lipinski definition) is 3. The number of nitrogens with one attached hydrogen (secondary N) is 1. The molecule has 4 heteroatoms. The maximum absolute atomic E-state index is 5.75. The smallest absolute Gasteiger partial charge is 0.162 e. The summed E-state index contributed by atoms with van der Waals surface area (Å²) < 4.78 is 12.5. The third-order valence-electron chi connectivity index (χ3n) is 3.63. The quantitative estimate of drug-likeness (QED) is 0.678. The minimum Gasteiger partial charge on any atom is -0.490 e. The molecule has 0 aliphatic heterocycles. The Morgan fingerprint density at radius 2 is 1.62 bits per heavy atom. The predicted molar refractivity (Wildman–Crippen MR) is 92.4 cm³/mol. The Bertz CT molecular complexity index is 437. The van der Waals surface area contributed by atoms with Gasteiger partial charge in [-0.2, -0.15) is 0 Å². The van der Waals surface area contributed by atoms with E-state index in [1.165, 1.54) is 5.56 Å². The van der Waals surface area contributed by atoms with Crippen molar-refractivity contribution in [3.8, 4) is 11.5 Å². The van der Waals surface area contributed by atoms with Crippen molar-refractivity contribution in [2.45, 2.75) is 47.1 Å². The molecular formula is C17H28BrNO2. The highest BCUT2D eigenvalue weighted by atomic mass is 79.9. The number of benzene rings is 1. The first-order valence-electron chi connectivity index (χ1n) is 7.91. The highest BCUT2D eigenvalue weighted by molar-refractivity contribution is 9.10. The van der Waals surface area contributed by atoms with Crippen LogP contribution in [0.3, 0.4) is 0 Å². The van der Waals surface area contributed by atoms with E-state index in [1.54, 1.807) is 0 Å². The Hall–Kier alpha value is -0.740. The molecule has 0 saturated heterocycles. The van der Waals surface area contributed by atoms with Crippen molar-refractivity contribution in [1.29, 1.82) is 0 Å². The SMILES string of the molecule is CCNC(c1cc(OCC)c(OCC)cc1Br)C(C)CC. The third-order valence-corrected chi connectivity index (χ3v) is 4.32. The fourth-order valence-corrected chi connectivity index (χ4v) is 2.97. The van der Waals surface area contributed by atoms with Crippen LogP contribution in [0.2, 0.25) is 0 Å². The van der Waals surface area contributed by atoms with Gasteiger partial charge in [-0.05, 0) is 44.0 Å². The normalized spacial score (nSPS) is 13.8. The lowest BCUT2D eigenvalue weighted by Crippen LogP contribution is -2.27. The second kappa shape index (κ2) is 9.31. The Morgan fingerprint density at radius 3 is 2.10 bits per heavy atom. The largest absolute Gasteiger partial charge is 0.490 e. The molecule has 0 spiro atoms. The molecule has 0 fully saturated rings. The van der Waals surface area contributed by atoms with Crippen molar-refractivity contribution in [3.63, 3.8) is 0 Å². The van der Waals surface area contributed by atoms with E-state index < -0.39 is 0 Å². The maximum Gasteiger partial charge on any atom is 0.162 e. The minimum absolute atomic E-state index is 0.309. The van der Waals surface area contributed by atoms with Gasteiger partial charge in [0.05, 0.1) is 13.2 Å². The second-order valence-electron chi connectivity index (χ2n) is 5.11. The fraction of sp³-hybridized carbons (Fsp3) is 0.647. The molecule has 1 rings (SSSR count). The van der Waals surface area contributed by atoms with Crippen LogP contribution in [0.25, 0.3) is 0 Å². The van der Waals surface area contributed by atoms with Crippen LogP contribution in [0.4, 0.5) is 0 Å². The first kappa shape index (κ1) is 18.3. The summed E-state index contributed by atoms with van der Waals surface area (Å²) in [6, 6.07) is 4.44. The molecular weight excluding hydrogens is 330 g/mol. The molecule has 21 heavy (non-hydrogen) atoms. The van der Waals surface area contributed by atoms with Crippen LogP contribution in [-0.2, 0) is 0 Å². The van der Waals surface area contributed by atoms with Gasteiger partial charge in [0.25, 0.3) is 0 Å². The molecule has 120 valence electrons. The van der Waals surface area contributed by atoms with Gasteiger partial charge in [0.1, 0.15) is 0 Å². The lowest BCUT2D eigenvalue weighted by Gasteiger charge is -2.26. The summed E-state index contributed by atoms with van der Waals surface area (Å²) in [4.78, 5) is 0. The van der Waals surface area contributed by atoms with Crippen LogP contribution in [0, 0.1) is 5.92 Å². The van der Waals surface area contributed by atoms with Crippen molar-refractivity contribution in [2.24, 2.45) is 5.92 Å². The highest BCUT2D eigenvalue weighted by Gasteiger charge is 2.22. The average Bonchev–Trinajstić information content (AvgIpc) is 2.47. The van der Waals surface area contributed by atoms with Gasteiger partial charge in [-0.3, -0.25) is 0 Å². The predicted octanol–water partition coefficient (Wildman–Crippen LogP) is 4.94. The molecule has 0 bridgehead atoms. The lowest BCUT2D eigenvalue weighted by atomic mass is 9.92. The molecule has 0 aliphatic rings. The first-order chi connectivity index (χ1) is 10.1. The van der Waals surface area contributed by atoms with E-state index in [4.69, 9.17) is 9.47 Å². The number of rotatable bonds is 9. The summed E-state index contributed by atoms with van der Waals surface area (Å²) in [5.41, 5.74) is 1.23. The summed E-state index contributed by atoms with van der Waals surface area (Å²) in [7, 11) is 0. The Balaban J connectivity index is 3.23. The Kier molecular flexibility index (Phi) is 8.12. The summed E-state index contributed by atoms with van der Waals surface area (Å²) in [6.45, 7) is 12.8. The zero-order chi connectivity index (χ0) is 15.8. The minimum atomic E-state index is 0.309. The fourth-order valence-electron chi connectivity index (χ4n) is 2.40. The van der Waals surface area contributed by atoms with Gasteiger partial charge in [0.2, 0.25) is 0 Å². The van der Waals surface area contributed by atoms with E-state index in [9.17, 15) is 0 Å². The molecule has 0 saturated carbocycles. The third kappa shape index (κ3) is 4.89.